The predicted molar refractivity (Wildman–Crippen MR) is 133 cm³/mol. The van der Waals surface area contributed by atoms with Gasteiger partial charge in [-0.15, -0.1) is 11.3 Å². The van der Waals surface area contributed by atoms with Gasteiger partial charge in [0.15, 0.2) is 0 Å². The van der Waals surface area contributed by atoms with Gasteiger partial charge >= 0.3 is 6.09 Å². The number of nitrogens with one attached hydrogen (secondary N) is 1. The fourth-order valence-electron chi connectivity index (χ4n) is 4.54. The van der Waals surface area contributed by atoms with Gasteiger partial charge in [-0.25, -0.2) is 14.2 Å². The van der Waals surface area contributed by atoms with Gasteiger partial charge in [0.05, 0.1) is 27.6 Å². The van der Waals surface area contributed by atoms with Crippen molar-refractivity contribution < 1.29 is 23.5 Å². The van der Waals surface area contributed by atoms with Gasteiger partial charge < -0.3 is 20.2 Å². The number of imidazole rings is 1. The lowest BCUT2D eigenvalue weighted by atomic mass is 9.89. The fraction of sp³-hybridized carbons (Fsp3) is 0.480. The number of hydrogen-bond acceptors (Lipinski definition) is 6. The van der Waals surface area contributed by atoms with Crippen molar-refractivity contribution in [1.82, 2.24) is 14.9 Å². The van der Waals surface area contributed by atoms with Crippen LogP contribution in [0.2, 0.25) is 0 Å². The van der Waals surface area contributed by atoms with Crippen LogP contribution in [0, 0.1) is 5.82 Å². The van der Waals surface area contributed by atoms with Gasteiger partial charge in [-0.05, 0) is 71.7 Å². The second-order valence-electron chi connectivity index (χ2n) is 10.2. The van der Waals surface area contributed by atoms with Crippen LogP contribution in [0.1, 0.15) is 68.4 Å². The van der Waals surface area contributed by atoms with Gasteiger partial charge in [0, 0.05) is 18.0 Å². The molecule has 35 heavy (non-hydrogen) atoms. The first-order chi connectivity index (χ1) is 16.3. The van der Waals surface area contributed by atoms with Gasteiger partial charge in [0.1, 0.15) is 22.8 Å². The molecule has 0 fully saturated rings. The molecule has 1 aromatic carbocycles. The third-order valence-corrected chi connectivity index (χ3v) is 7.11. The third kappa shape index (κ3) is 4.90. The third-order valence-electron chi connectivity index (χ3n) is 5.88. The van der Waals surface area contributed by atoms with Gasteiger partial charge in [-0.2, -0.15) is 0 Å². The number of aromatic nitrogens is 2. The van der Waals surface area contributed by atoms with Crippen molar-refractivity contribution in [3.63, 3.8) is 0 Å². The standard InChI is InChI=1S/C25H31FN4O4S/c1-7-33-25(5,6)20-19-13(8-9-30(20)23(32)34-24(2,3)4)10-17(35-19)22-28-16-12-14(26)11-15(21(27)31)18(16)29-22/h10-12,20H,7-9H2,1-6H3,(H2,27,31)(H,28,29). The van der Waals surface area contributed by atoms with Gasteiger partial charge in [0.25, 0.3) is 5.91 Å². The van der Waals surface area contributed by atoms with Crippen LogP contribution < -0.4 is 5.73 Å². The summed E-state index contributed by atoms with van der Waals surface area (Å²) in [5, 5.41) is 0. The number of halogens is 1. The number of carbonyl (C=O) groups excluding carboxylic acids is 2. The number of amides is 2. The minimum absolute atomic E-state index is 0.0234. The zero-order valence-corrected chi connectivity index (χ0v) is 21.6. The zero-order valence-electron chi connectivity index (χ0n) is 20.8. The Labute approximate surface area is 207 Å². The lowest BCUT2D eigenvalue weighted by Crippen LogP contribution is -2.51. The lowest BCUT2D eigenvalue weighted by Gasteiger charge is -2.44. The Hall–Kier alpha value is -2.98. The molecule has 3 N–H and O–H groups in total. The van der Waals surface area contributed by atoms with Crippen LogP contribution in [-0.4, -0.2) is 51.2 Å². The van der Waals surface area contributed by atoms with Crippen LogP contribution in [0.4, 0.5) is 9.18 Å². The SMILES string of the molecule is CCOC(C)(C)C1c2sc(-c3nc4c(C(N)=O)cc(F)cc4[nH]3)cc2CCN1C(=O)OC(C)(C)C. The molecule has 4 rings (SSSR count). The Balaban J connectivity index is 1.79. The number of H-pyrrole nitrogens is 1. The van der Waals surface area contributed by atoms with Crippen LogP contribution in [0.25, 0.3) is 21.7 Å². The van der Waals surface area contributed by atoms with E-state index in [1.54, 1.807) is 4.90 Å². The molecule has 188 valence electrons. The highest BCUT2D eigenvalue weighted by molar-refractivity contribution is 7.15. The first-order valence-electron chi connectivity index (χ1n) is 11.6. The van der Waals surface area contributed by atoms with E-state index in [0.29, 0.717) is 36.4 Å². The van der Waals surface area contributed by atoms with Crippen molar-refractivity contribution in [2.24, 2.45) is 5.73 Å². The molecular formula is C25H31FN4O4S. The molecule has 8 nitrogen and oxygen atoms in total. The summed E-state index contributed by atoms with van der Waals surface area (Å²) in [6.45, 7) is 12.4. The maximum absolute atomic E-state index is 14.0. The van der Waals surface area contributed by atoms with E-state index in [1.807, 2.05) is 47.6 Å². The second kappa shape index (κ2) is 8.91. The Morgan fingerprint density at radius 1 is 1.26 bits per heavy atom. The number of benzene rings is 1. The van der Waals surface area contributed by atoms with E-state index in [2.05, 4.69) is 9.97 Å². The Morgan fingerprint density at radius 3 is 2.60 bits per heavy atom. The van der Waals surface area contributed by atoms with Crippen molar-refractivity contribution >= 4 is 34.4 Å². The molecule has 1 aliphatic rings. The van der Waals surface area contributed by atoms with E-state index in [1.165, 1.54) is 17.4 Å². The quantitative estimate of drug-likeness (QED) is 0.500. The topological polar surface area (TPSA) is 111 Å². The highest BCUT2D eigenvalue weighted by Crippen LogP contribution is 2.46. The Bertz CT molecular complexity index is 1290. The molecule has 0 saturated heterocycles. The molecule has 10 heteroatoms. The van der Waals surface area contributed by atoms with Crippen molar-refractivity contribution in [3.8, 4) is 10.7 Å². The summed E-state index contributed by atoms with van der Waals surface area (Å²) in [5.74, 6) is -0.813. The van der Waals surface area contributed by atoms with Crippen LogP contribution in [0.3, 0.4) is 0 Å². The van der Waals surface area contributed by atoms with Crippen LogP contribution in [0.5, 0.6) is 0 Å². The first kappa shape index (κ1) is 25.1. The number of nitrogens with zero attached hydrogens (tertiary/aromatic N) is 2. The van der Waals surface area contributed by atoms with Crippen LogP contribution >= 0.6 is 11.3 Å². The number of aromatic amines is 1. The lowest BCUT2D eigenvalue weighted by molar-refractivity contribution is -0.0810. The summed E-state index contributed by atoms with van der Waals surface area (Å²) >= 11 is 1.49. The number of primary amides is 1. The molecule has 0 bridgehead atoms. The summed E-state index contributed by atoms with van der Waals surface area (Å²) in [6, 6.07) is 4.03. The molecule has 0 radical (unpaired) electrons. The number of fused-ring (bicyclic) bond motifs is 2. The summed E-state index contributed by atoms with van der Waals surface area (Å²) in [5.41, 5.74) is 5.95. The summed E-state index contributed by atoms with van der Waals surface area (Å²) in [4.78, 5) is 36.2. The van der Waals surface area contributed by atoms with Crippen molar-refractivity contribution in [2.45, 2.75) is 65.2 Å². The molecule has 2 aromatic heterocycles. The average Bonchev–Trinajstić information content (AvgIpc) is 3.34. The molecule has 0 saturated carbocycles. The van der Waals surface area contributed by atoms with E-state index in [4.69, 9.17) is 15.2 Å². The first-order valence-corrected chi connectivity index (χ1v) is 12.4. The normalized spacial score (nSPS) is 16.4. The summed E-state index contributed by atoms with van der Waals surface area (Å²) in [6.07, 6.45) is 0.256. The highest BCUT2D eigenvalue weighted by Gasteiger charge is 2.44. The van der Waals surface area contributed by atoms with Gasteiger partial charge in [0.2, 0.25) is 0 Å². The smallest absolute Gasteiger partial charge is 0.410 e. The van der Waals surface area contributed by atoms with E-state index < -0.39 is 22.9 Å². The average molecular weight is 503 g/mol. The second-order valence-corrected chi connectivity index (χ2v) is 11.2. The number of rotatable bonds is 5. The monoisotopic (exact) mass is 502 g/mol. The number of carbonyl (C=O) groups is 2. The molecule has 1 atom stereocenters. The molecule has 3 heterocycles. The number of nitrogens with two attached hydrogens (primary N) is 1. The van der Waals surface area contributed by atoms with Crippen molar-refractivity contribution in [2.75, 3.05) is 13.2 Å². The molecule has 2 amide bonds. The molecule has 0 spiro atoms. The van der Waals surface area contributed by atoms with Crippen molar-refractivity contribution in [1.29, 1.82) is 0 Å². The molecule has 3 aromatic rings. The maximum atomic E-state index is 14.0. The summed E-state index contributed by atoms with van der Waals surface area (Å²) in [7, 11) is 0. The number of hydrogen-bond donors (Lipinski definition) is 2. The minimum Gasteiger partial charge on any atom is -0.444 e. The largest absolute Gasteiger partial charge is 0.444 e. The predicted octanol–water partition coefficient (Wildman–Crippen LogP) is 5.18. The molecule has 1 unspecified atom stereocenters. The van der Waals surface area contributed by atoms with E-state index in [9.17, 15) is 14.0 Å². The van der Waals surface area contributed by atoms with E-state index in [-0.39, 0.29) is 17.7 Å². The molecule has 1 aliphatic heterocycles. The Kier molecular flexibility index (Phi) is 6.39. The fourth-order valence-corrected chi connectivity index (χ4v) is 5.99. The molecule has 0 aliphatic carbocycles. The van der Waals surface area contributed by atoms with Crippen molar-refractivity contribution in [3.05, 3.63) is 40.0 Å². The highest BCUT2D eigenvalue weighted by atomic mass is 32.1. The van der Waals surface area contributed by atoms with E-state index >= 15 is 0 Å². The number of ether oxygens (including phenoxy) is 2. The van der Waals surface area contributed by atoms with Crippen LogP contribution in [-0.2, 0) is 15.9 Å². The van der Waals surface area contributed by atoms with E-state index in [0.717, 1.165) is 21.4 Å². The molecular weight excluding hydrogens is 471 g/mol. The minimum atomic E-state index is -0.746. The van der Waals surface area contributed by atoms with Crippen LogP contribution in [0.15, 0.2) is 18.2 Å². The van der Waals surface area contributed by atoms with Gasteiger partial charge in [-0.1, -0.05) is 0 Å². The summed E-state index contributed by atoms with van der Waals surface area (Å²) < 4.78 is 25.8. The maximum Gasteiger partial charge on any atom is 0.410 e. The zero-order chi connectivity index (χ0) is 25.7. The van der Waals surface area contributed by atoms with Gasteiger partial charge in [-0.3, -0.25) is 9.69 Å². The number of thiophene rings is 1. The Morgan fingerprint density at radius 2 is 1.97 bits per heavy atom.